The standard InChI is InChI=1S/C15H18BrN3O/c16-12-3-1-2-11(8-12)14-9-19(15(10-20)18-14)13-4-6-17-7-5-13/h1-3,8-10,13,15,17-18H,4-7H2. The highest BCUT2D eigenvalue weighted by atomic mass is 79.9. The second-order valence-corrected chi connectivity index (χ2v) is 6.12. The van der Waals surface area contributed by atoms with Gasteiger partial charge < -0.3 is 15.5 Å². The normalized spacial score (nSPS) is 23.4. The summed E-state index contributed by atoms with van der Waals surface area (Å²) in [6.07, 6.45) is 5.00. The van der Waals surface area contributed by atoms with Gasteiger partial charge in [-0.3, -0.25) is 4.79 Å². The molecule has 0 spiro atoms. The third-order valence-corrected chi connectivity index (χ3v) is 4.39. The molecular weight excluding hydrogens is 318 g/mol. The first kappa shape index (κ1) is 13.6. The molecule has 2 aliphatic rings. The van der Waals surface area contributed by atoms with E-state index in [0.29, 0.717) is 6.04 Å². The molecule has 20 heavy (non-hydrogen) atoms. The van der Waals surface area contributed by atoms with Gasteiger partial charge in [-0.15, -0.1) is 0 Å². The number of carbonyl (C=O) groups excluding carboxylic acids is 1. The van der Waals surface area contributed by atoms with Crippen LogP contribution in [0.3, 0.4) is 0 Å². The Balaban J connectivity index is 1.84. The number of nitrogens with zero attached hydrogens (tertiary/aromatic N) is 1. The number of rotatable bonds is 3. The average Bonchev–Trinajstić information content (AvgIpc) is 2.92. The molecule has 2 heterocycles. The molecule has 1 saturated heterocycles. The van der Waals surface area contributed by atoms with Crippen molar-refractivity contribution in [3.05, 3.63) is 40.5 Å². The van der Waals surface area contributed by atoms with Crippen LogP contribution in [0.1, 0.15) is 18.4 Å². The molecule has 0 saturated carbocycles. The molecular formula is C15H18BrN3O. The van der Waals surface area contributed by atoms with E-state index in [4.69, 9.17) is 0 Å². The summed E-state index contributed by atoms with van der Waals surface area (Å²) < 4.78 is 1.04. The molecule has 0 bridgehead atoms. The van der Waals surface area contributed by atoms with Gasteiger partial charge in [0, 0.05) is 22.3 Å². The Morgan fingerprint density at radius 1 is 1.30 bits per heavy atom. The first-order chi connectivity index (χ1) is 9.78. The summed E-state index contributed by atoms with van der Waals surface area (Å²) in [6.45, 7) is 2.04. The second kappa shape index (κ2) is 5.97. The minimum Gasteiger partial charge on any atom is -0.358 e. The number of piperidine rings is 1. The fourth-order valence-corrected chi connectivity index (χ4v) is 3.26. The Kier molecular flexibility index (Phi) is 4.08. The maximum Gasteiger partial charge on any atom is 0.162 e. The summed E-state index contributed by atoms with van der Waals surface area (Å²) in [5.41, 5.74) is 2.12. The van der Waals surface area contributed by atoms with Crippen molar-refractivity contribution in [1.29, 1.82) is 0 Å². The van der Waals surface area contributed by atoms with Crippen molar-refractivity contribution in [2.24, 2.45) is 0 Å². The van der Waals surface area contributed by atoms with Gasteiger partial charge in [0.05, 0.1) is 5.70 Å². The van der Waals surface area contributed by atoms with Gasteiger partial charge in [-0.05, 0) is 38.1 Å². The number of halogens is 1. The molecule has 106 valence electrons. The summed E-state index contributed by atoms with van der Waals surface area (Å²) in [4.78, 5) is 13.5. The molecule has 2 aliphatic heterocycles. The Labute approximate surface area is 127 Å². The highest BCUT2D eigenvalue weighted by molar-refractivity contribution is 9.10. The average molecular weight is 336 g/mol. The molecule has 3 rings (SSSR count). The maximum absolute atomic E-state index is 11.3. The highest BCUT2D eigenvalue weighted by Crippen LogP contribution is 2.26. The van der Waals surface area contributed by atoms with E-state index in [9.17, 15) is 4.79 Å². The SMILES string of the molecule is O=CC1NC(c2cccc(Br)c2)=CN1C1CCNCC1. The number of benzene rings is 1. The summed E-state index contributed by atoms with van der Waals surface area (Å²) >= 11 is 3.49. The van der Waals surface area contributed by atoms with E-state index in [-0.39, 0.29) is 6.17 Å². The topological polar surface area (TPSA) is 44.4 Å². The molecule has 4 nitrogen and oxygen atoms in total. The molecule has 1 fully saturated rings. The molecule has 1 aromatic carbocycles. The molecule has 0 amide bonds. The van der Waals surface area contributed by atoms with E-state index < -0.39 is 0 Å². The van der Waals surface area contributed by atoms with Crippen LogP contribution in [-0.4, -0.2) is 36.5 Å². The lowest BCUT2D eigenvalue weighted by Crippen LogP contribution is -2.47. The number of hydrogen-bond acceptors (Lipinski definition) is 4. The van der Waals surface area contributed by atoms with Crippen molar-refractivity contribution in [2.75, 3.05) is 13.1 Å². The number of aldehydes is 1. The van der Waals surface area contributed by atoms with E-state index in [1.165, 1.54) is 0 Å². The lowest BCUT2D eigenvalue weighted by atomic mass is 10.1. The van der Waals surface area contributed by atoms with Gasteiger partial charge in [-0.25, -0.2) is 0 Å². The molecule has 1 aromatic rings. The van der Waals surface area contributed by atoms with E-state index in [1.54, 1.807) is 0 Å². The van der Waals surface area contributed by atoms with E-state index in [2.05, 4.69) is 49.8 Å². The summed E-state index contributed by atoms with van der Waals surface area (Å²) in [5.74, 6) is 0. The quantitative estimate of drug-likeness (QED) is 0.828. The predicted octanol–water partition coefficient (Wildman–Crippen LogP) is 1.93. The van der Waals surface area contributed by atoms with Crippen molar-refractivity contribution < 1.29 is 4.79 Å². The molecule has 1 unspecified atom stereocenters. The molecule has 5 heteroatoms. The molecule has 0 aliphatic carbocycles. The number of nitrogens with one attached hydrogen (secondary N) is 2. The minimum absolute atomic E-state index is 0.243. The Morgan fingerprint density at radius 3 is 2.80 bits per heavy atom. The zero-order chi connectivity index (χ0) is 13.9. The monoisotopic (exact) mass is 335 g/mol. The van der Waals surface area contributed by atoms with Crippen LogP contribution < -0.4 is 10.6 Å². The van der Waals surface area contributed by atoms with Gasteiger partial charge in [-0.2, -0.15) is 0 Å². The second-order valence-electron chi connectivity index (χ2n) is 5.21. The van der Waals surface area contributed by atoms with Gasteiger partial charge in [0.1, 0.15) is 0 Å². The lowest BCUT2D eigenvalue weighted by Gasteiger charge is -2.33. The van der Waals surface area contributed by atoms with E-state index in [0.717, 1.165) is 48.0 Å². The van der Waals surface area contributed by atoms with Crippen LogP contribution in [0.15, 0.2) is 34.9 Å². The van der Waals surface area contributed by atoms with E-state index >= 15 is 0 Å². The fraction of sp³-hybridized carbons (Fsp3) is 0.400. The molecule has 0 radical (unpaired) electrons. The predicted molar refractivity (Wildman–Crippen MR) is 82.8 cm³/mol. The van der Waals surface area contributed by atoms with Crippen LogP contribution in [0, 0.1) is 0 Å². The van der Waals surface area contributed by atoms with Crippen molar-refractivity contribution in [2.45, 2.75) is 25.0 Å². The van der Waals surface area contributed by atoms with Gasteiger partial charge in [-0.1, -0.05) is 28.1 Å². The third kappa shape index (κ3) is 2.74. The number of hydrogen-bond donors (Lipinski definition) is 2. The lowest BCUT2D eigenvalue weighted by molar-refractivity contribution is -0.112. The Hall–Kier alpha value is -1.33. The third-order valence-electron chi connectivity index (χ3n) is 3.90. The van der Waals surface area contributed by atoms with Crippen LogP contribution in [0.4, 0.5) is 0 Å². The molecule has 0 aromatic heterocycles. The summed E-state index contributed by atoms with van der Waals surface area (Å²) in [7, 11) is 0. The largest absolute Gasteiger partial charge is 0.358 e. The van der Waals surface area contributed by atoms with Gasteiger partial charge >= 0.3 is 0 Å². The van der Waals surface area contributed by atoms with Crippen LogP contribution in [0.5, 0.6) is 0 Å². The number of carbonyl (C=O) groups is 1. The Morgan fingerprint density at radius 2 is 2.10 bits per heavy atom. The van der Waals surface area contributed by atoms with Crippen molar-refractivity contribution in [3.8, 4) is 0 Å². The highest BCUT2D eigenvalue weighted by Gasteiger charge is 2.30. The van der Waals surface area contributed by atoms with Crippen molar-refractivity contribution in [3.63, 3.8) is 0 Å². The van der Waals surface area contributed by atoms with Crippen molar-refractivity contribution >= 4 is 27.9 Å². The minimum atomic E-state index is -0.243. The zero-order valence-electron chi connectivity index (χ0n) is 11.2. The van der Waals surface area contributed by atoms with Crippen LogP contribution in [-0.2, 0) is 4.79 Å². The zero-order valence-corrected chi connectivity index (χ0v) is 12.8. The maximum atomic E-state index is 11.3. The van der Waals surface area contributed by atoms with Gasteiger partial charge in [0.15, 0.2) is 12.5 Å². The Bertz CT molecular complexity index is 526. The van der Waals surface area contributed by atoms with Crippen LogP contribution >= 0.6 is 15.9 Å². The fourth-order valence-electron chi connectivity index (χ4n) is 2.86. The summed E-state index contributed by atoms with van der Waals surface area (Å²) in [5, 5.41) is 6.67. The first-order valence-electron chi connectivity index (χ1n) is 6.95. The summed E-state index contributed by atoms with van der Waals surface area (Å²) in [6, 6.07) is 8.55. The van der Waals surface area contributed by atoms with E-state index in [1.807, 2.05) is 12.1 Å². The van der Waals surface area contributed by atoms with Gasteiger partial charge in [0.2, 0.25) is 0 Å². The molecule has 2 N–H and O–H groups in total. The first-order valence-corrected chi connectivity index (χ1v) is 7.75. The van der Waals surface area contributed by atoms with Crippen LogP contribution in [0.2, 0.25) is 0 Å². The smallest absolute Gasteiger partial charge is 0.162 e. The van der Waals surface area contributed by atoms with Gasteiger partial charge in [0.25, 0.3) is 0 Å². The van der Waals surface area contributed by atoms with Crippen LogP contribution in [0.25, 0.3) is 5.70 Å². The van der Waals surface area contributed by atoms with Crippen molar-refractivity contribution in [1.82, 2.24) is 15.5 Å². The molecule has 1 atom stereocenters.